The van der Waals surface area contributed by atoms with Gasteiger partial charge in [-0.05, 0) is 44.1 Å². The van der Waals surface area contributed by atoms with Gasteiger partial charge in [0.25, 0.3) is 0 Å². The van der Waals surface area contributed by atoms with Crippen LogP contribution in [0.1, 0.15) is 52.4 Å². The van der Waals surface area contributed by atoms with Crippen molar-refractivity contribution >= 4 is 5.84 Å². The van der Waals surface area contributed by atoms with Crippen LogP contribution in [0.15, 0.2) is 5.16 Å². The van der Waals surface area contributed by atoms with E-state index in [1.807, 2.05) is 0 Å². The summed E-state index contributed by atoms with van der Waals surface area (Å²) in [5.74, 6) is 0.259. The topological polar surface area (TPSA) is 90.9 Å². The zero-order valence-corrected chi connectivity index (χ0v) is 11.6. The van der Waals surface area contributed by atoms with Crippen LogP contribution in [0.2, 0.25) is 0 Å². The summed E-state index contributed by atoms with van der Waals surface area (Å²) in [4.78, 5) is 0. The van der Waals surface area contributed by atoms with Gasteiger partial charge in [0.05, 0.1) is 5.60 Å². The second kappa shape index (κ2) is 6.38. The third-order valence-electron chi connectivity index (χ3n) is 3.90. The Kier molecular flexibility index (Phi) is 5.41. The molecule has 0 spiro atoms. The first-order chi connectivity index (χ1) is 8.37. The van der Waals surface area contributed by atoms with Crippen LogP contribution in [-0.2, 0) is 0 Å². The Bertz CT molecular complexity index is 280. The SMILES string of the molecule is CC1(C)CCC(O)(CNCCCC(N)=NO)CC1. The number of hydrogen-bond acceptors (Lipinski definition) is 4. The van der Waals surface area contributed by atoms with Crippen molar-refractivity contribution in [3.8, 4) is 0 Å². The zero-order valence-electron chi connectivity index (χ0n) is 11.6. The lowest BCUT2D eigenvalue weighted by molar-refractivity contribution is -0.0241. The standard InChI is InChI=1S/C13H27N3O2/c1-12(2)5-7-13(17,8-6-12)10-15-9-3-4-11(14)16-18/h15,17-18H,3-10H2,1-2H3,(H2,14,16). The summed E-state index contributed by atoms with van der Waals surface area (Å²) >= 11 is 0. The maximum absolute atomic E-state index is 10.4. The van der Waals surface area contributed by atoms with Crippen molar-refractivity contribution in [3.63, 3.8) is 0 Å². The van der Waals surface area contributed by atoms with Crippen molar-refractivity contribution in [1.29, 1.82) is 0 Å². The molecule has 0 saturated heterocycles. The van der Waals surface area contributed by atoms with E-state index >= 15 is 0 Å². The molecule has 0 atom stereocenters. The molecule has 5 nitrogen and oxygen atoms in total. The quantitative estimate of drug-likeness (QED) is 0.190. The molecular formula is C13H27N3O2. The van der Waals surface area contributed by atoms with Crippen LogP contribution in [-0.4, -0.2) is 34.8 Å². The molecule has 0 aliphatic heterocycles. The van der Waals surface area contributed by atoms with Crippen LogP contribution in [0.4, 0.5) is 0 Å². The zero-order chi connectivity index (χ0) is 13.6. The maximum Gasteiger partial charge on any atom is 0.139 e. The number of aliphatic hydroxyl groups is 1. The minimum Gasteiger partial charge on any atom is -0.409 e. The van der Waals surface area contributed by atoms with Crippen molar-refractivity contribution in [2.75, 3.05) is 13.1 Å². The number of oxime groups is 1. The van der Waals surface area contributed by atoms with Crippen LogP contribution in [0.25, 0.3) is 0 Å². The van der Waals surface area contributed by atoms with E-state index in [-0.39, 0.29) is 5.84 Å². The molecule has 5 N–H and O–H groups in total. The predicted molar refractivity (Wildman–Crippen MR) is 72.7 cm³/mol. The van der Waals surface area contributed by atoms with Crippen LogP contribution < -0.4 is 11.1 Å². The Morgan fingerprint density at radius 1 is 1.28 bits per heavy atom. The third kappa shape index (κ3) is 5.23. The van der Waals surface area contributed by atoms with Crippen LogP contribution in [0.5, 0.6) is 0 Å². The van der Waals surface area contributed by atoms with Crippen LogP contribution in [0.3, 0.4) is 0 Å². The molecule has 0 aromatic carbocycles. The largest absolute Gasteiger partial charge is 0.409 e. The first kappa shape index (κ1) is 15.2. The Balaban J connectivity index is 2.16. The second-order valence-corrected chi connectivity index (χ2v) is 6.26. The van der Waals surface area contributed by atoms with Gasteiger partial charge in [-0.3, -0.25) is 0 Å². The molecule has 1 rings (SSSR count). The smallest absolute Gasteiger partial charge is 0.139 e. The van der Waals surface area contributed by atoms with Gasteiger partial charge in [-0.1, -0.05) is 19.0 Å². The van der Waals surface area contributed by atoms with Gasteiger partial charge in [-0.2, -0.15) is 0 Å². The fourth-order valence-corrected chi connectivity index (χ4v) is 2.33. The predicted octanol–water partition coefficient (Wildman–Crippen LogP) is 1.43. The molecule has 0 aromatic heterocycles. The fourth-order valence-electron chi connectivity index (χ4n) is 2.33. The molecule has 1 aliphatic carbocycles. The Labute approximate surface area is 109 Å². The summed E-state index contributed by atoms with van der Waals surface area (Å²) in [6, 6.07) is 0. The van der Waals surface area contributed by atoms with E-state index < -0.39 is 5.60 Å². The second-order valence-electron chi connectivity index (χ2n) is 6.26. The number of nitrogens with zero attached hydrogens (tertiary/aromatic N) is 1. The van der Waals surface area contributed by atoms with Crippen molar-refractivity contribution in [2.45, 2.75) is 58.0 Å². The van der Waals surface area contributed by atoms with Crippen molar-refractivity contribution in [3.05, 3.63) is 0 Å². The molecule has 0 aromatic rings. The molecule has 1 fully saturated rings. The van der Waals surface area contributed by atoms with E-state index in [1.165, 1.54) is 0 Å². The number of hydrogen-bond donors (Lipinski definition) is 4. The van der Waals surface area contributed by atoms with Gasteiger partial charge in [0.15, 0.2) is 0 Å². The molecule has 5 heteroatoms. The summed E-state index contributed by atoms with van der Waals surface area (Å²) in [7, 11) is 0. The third-order valence-corrected chi connectivity index (χ3v) is 3.90. The molecule has 0 bridgehead atoms. The molecule has 18 heavy (non-hydrogen) atoms. The van der Waals surface area contributed by atoms with E-state index in [2.05, 4.69) is 24.3 Å². The van der Waals surface area contributed by atoms with Gasteiger partial charge in [0.1, 0.15) is 5.84 Å². The summed E-state index contributed by atoms with van der Waals surface area (Å²) in [6.45, 7) is 5.94. The van der Waals surface area contributed by atoms with Crippen LogP contribution >= 0.6 is 0 Å². The minimum atomic E-state index is -0.549. The Morgan fingerprint density at radius 2 is 1.89 bits per heavy atom. The van der Waals surface area contributed by atoms with Gasteiger partial charge in [0.2, 0.25) is 0 Å². The Morgan fingerprint density at radius 3 is 2.44 bits per heavy atom. The molecular weight excluding hydrogens is 230 g/mol. The van der Waals surface area contributed by atoms with E-state index in [0.717, 1.165) is 38.6 Å². The average Bonchev–Trinajstić information content (AvgIpc) is 2.33. The number of rotatable bonds is 6. The molecule has 0 unspecified atom stereocenters. The van der Waals surface area contributed by atoms with Gasteiger partial charge in [0, 0.05) is 13.0 Å². The van der Waals surface area contributed by atoms with Gasteiger partial charge in [-0.25, -0.2) is 0 Å². The van der Waals surface area contributed by atoms with Crippen molar-refractivity contribution in [2.24, 2.45) is 16.3 Å². The number of nitrogens with one attached hydrogen (secondary N) is 1. The van der Waals surface area contributed by atoms with Crippen LogP contribution in [0, 0.1) is 5.41 Å². The fraction of sp³-hybridized carbons (Fsp3) is 0.923. The summed E-state index contributed by atoms with van der Waals surface area (Å²) in [5.41, 5.74) is 5.20. The lowest BCUT2D eigenvalue weighted by Crippen LogP contribution is -2.45. The Hall–Kier alpha value is -0.810. The average molecular weight is 257 g/mol. The molecule has 0 heterocycles. The molecule has 1 aliphatic rings. The monoisotopic (exact) mass is 257 g/mol. The van der Waals surface area contributed by atoms with Crippen molar-refractivity contribution < 1.29 is 10.3 Å². The lowest BCUT2D eigenvalue weighted by atomic mass is 9.71. The lowest BCUT2D eigenvalue weighted by Gasteiger charge is -2.40. The maximum atomic E-state index is 10.4. The summed E-state index contributed by atoms with van der Waals surface area (Å²) in [5, 5.41) is 25.0. The van der Waals surface area contributed by atoms with Gasteiger partial charge < -0.3 is 21.4 Å². The van der Waals surface area contributed by atoms with Gasteiger partial charge in [-0.15, -0.1) is 0 Å². The van der Waals surface area contributed by atoms with Gasteiger partial charge >= 0.3 is 0 Å². The highest BCUT2D eigenvalue weighted by Gasteiger charge is 2.36. The normalized spacial score (nSPS) is 22.9. The molecule has 0 amide bonds. The summed E-state index contributed by atoms with van der Waals surface area (Å²) in [6.07, 6.45) is 5.29. The van der Waals surface area contributed by atoms with Crippen molar-refractivity contribution in [1.82, 2.24) is 5.32 Å². The number of nitrogens with two attached hydrogens (primary N) is 1. The van der Waals surface area contributed by atoms with E-state index in [0.29, 0.717) is 18.4 Å². The van der Waals surface area contributed by atoms with E-state index in [1.54, 1.807) is 0 Å². The molecule has 106 valence electrons. The summed E-state index contributed by atoms with van der Waals surface area (Å²) < 4.78 is 0. The highest BCUT2D eigenvalue weighted by Crippen LogP contribution is 2.39. The highest BCUT2D eigenvalue weighted by molar-refractivity contribution is 5.79. The number of amidine groups is 1. The minimum absolute atomic E-state index is 0.259. The first-order valence-electron chi connectivity index (χ1n) is 6.76. The highest BCUT2D eigenvalue weighted by atomic mass is 16.4. The van der Waals surface area contributed by atoms with E-state index in [9.17, 15) is 5.11 Å². The molecule has 0 radical (unpaired) electrons. The first-order valence-corrected chi connectivity index (χ1v) is 6.76. The molecule has 1 saturated carbocycles. The van der Waals surface area contributed by atoms with E-state index in [4.69, 9.17) is 10.9 Å².